The third-order valence-electron chi connectivity index (χ3n) is 4.16. The van der Waals surface area contributed by atoms with E-state index in [1.54, 1.807) is 0 Å². The molecular formula is C19H14F4N2O4. The number of alkyl halides is 3. The maximum atomic E-state index is 13.3. The molecule has 0 saturated heterocycles. The van der Waals surface area contributed by atoms with Gasteiger partial charge in [-0.05, 0) is 35.9 Å². The highest BCUT2D eigenvalue weighted by Crippen LogP contribution is 2.34. The second kappa shape index (κ2) is 7.90. The van der Waals surface area contributed by atoms with Crippen molar-refractivity contribution in [3.8, 4) is 0 Å². The molecule has 2 aromatic carbocycles. The van der Waals surface area contributed by atoms with Crippen molar-refractivity contribution in [1.29, 1.82) is 0 Å². The van der Waals surface area contributed by atoms with Gasteiger partial charge in [0.15, 0.2) is 6.61 Å². The van der Waals surface area contributed by atoms with Gasteiger partial charge in [-0.25, -0.2) is 4.39 Å². The lowest BCUT2D eigenvalue weighted by molar-refractivity contribution is -0.149. The van der Waals surface area contributed by atoms with Gasteiger partial charge in [0.2, 0.25) is 5.91 Å². The van der Waals surface area contributed by atoms with E-state index in [2.05, 4.69) is 10.6 Å². The fraction of sp³-hybridized carbons (Fsp3) is 0.211. The summed E-state index contributed by atoms with van der Waals surface area (Å²) in [4.78, 5) is 36.0. The maximum absolute atomic E-state index is 13.3. The number of carbonyl (C=O) groups excluding carboxylic acids is 3. The minimum atomic E-state index is -4.57. The highest BCUT2D eigenvalue weighted by Gasteiger charge is 2.33. The first kappa shape index (κ1) is 20.3. The van der Waals surface area contributed by atoms with Crippen LogP contribution in [0.5, 0.6) is 0 Å². The number of esters is 1. The lowest BCUT2D eigenvalue weighted by Crippen LogP contribution is -2.30. The van der Waals surface area contributed by atoms with Crippen molar-refractivity contribution in [2.45, 2.75) is 18.5 Å². The SMILES string of the molecule is O=C(COC(=O)C1CC(=O)Nc2cc(F)ccc21)Nc1cccc(C(F)(F)F)c1. The van der Waals surface area contributed by atoms with Gasteiger partial charge in [-0.3, -0.25) is 14.4 Å². The topological polar surface area (TPSA) is 84.5 Å². The zero-order valence-electron chi connectivity index (χ0n) is 14.7. The third kappa shape index (κ3) is 4.89. The summed E-state index contributed by atoms with van der Waals surface area (Å²) in [6, 6.07) is 7.50. The van der Waals surface area contributed by atoms with Gasteiger partial charge >= 0.3 is 12.1 Å². The Hall–Kier alpha value is -3.43. The first-order valence-electron chi connectivity index (χ1n) is 8.36. The van der Waals surface area contributed by atoms with Crippen molar-refractivity contribution in [1.82, 2.24) is 0 Å². The number of rotatable bonds is 4. The molecule has 1 atom stereocenters. The number of ether oxygens (including phenoxy) is 1. The van der Waals surface area contributed by atoms with Gasteiger partial charge < -0.3 is 15.4 Å². The number of fused-ring (bicyclic) bond motifs is 1. The van der Waals surface area contributed by atoms with Crippen molar-refractivity contribution < 1.29 is 36.7 Å². The van der Waals surface area contributed by atoms with Gasteiger partial charge in [0.05, 0.1) is 11.5 Å². The van der Waals surface area contributed by atoms with Gasteiger partial charge in [-0.15, -0.1) is 0 Å². The summed E-state index contributed by atoms with van der Waals surface area (Å²) < 4.78 is 56.3. The molecule has 0 aliphatic carbocycles. The zero-order valence-corrected chi connectivity index (χ0v) is 14.7. The van der Waals surface area contributed by atoms with Gasteiger partial charge in [0, 0.05) is 17.8 Å². The maximum Gasteiger partial charge on any atom is 0.416 e. The van der Waals surface area contributed by atoms with Crippen LogP contribution in [0.2, 0.25) is 0 Å². The lowest BCUT2D eigenvalue weighted by Gasteiger charge is -2.24. The average Bonchev–Trinajstić information content (AvgIpc) is 2.64. The molecule has 152 valence electrons. The first-order chi connectivity index (χ1) is 13.6. The second-order valence-electron chi connectivity index (χ2n) is 6.27. The Morgan fingerprint density at radius 1 is 1.17 bits per heavy atom. The van der Waals surface area contributed by atoms with Crippen molar-refractivity contribution in [3.05, 3.63) is 59.4 Å². The predicted octanol–water partition coefficient (Wildman–Crippen LogP) is 3.45. The van der Waals surface area contributed by atoms with Gasteiger partial charge in [0.25, 0.3) is 5.91 Å². The summed E-state index contributed by atoms with van der Waals surface area (Å²) in [6.07, 6.45) is -4.81. The molecule has 10 heteroatoms. The highest BCUT2D eigenvalue weighted by molar-refractivity contribution is 6.00. The Morgan fingerprint density at radius 3 is 2.66 bits per heavy atom. The summed E-state index contributed by atoms with van der Waals surface area (Å²) >= 11 is 0. The monoisotopic (exact) mass is 410 g/mol. The fourth-order valence-electron chi connectivity index (χ4n) is 2.86. The van der Waals surface area contributed by atoms with E-state index in [9.17, 15) is 31.9 Å². The van der Waals surface area contributed by atoms with Crippen LogP contribution < -0.4 is 10.6 Å². The minimum Gasteiger partial charge on any atom is -0.455 e. The summed E-state index contributed by atoms with van der Waals surface area (Å²) in [7, 11) is 0. The van der Waals surface area contributed by atoms with Crippen LogP contribution in [0.1, 0.15) is 23.5 Å². The summed E-state index contributed by atoms with van der Waals surface area (Å²) in [5, 5.41) is 4.65. The number of amides is 2. The number of benzene rings is 2. The van der Waals surface area contributed by atoms with Crippen LogP contribution in [-0.4, -0.2) is 24.4 Å². The fourth-order valence-corrected chi connectivity index (χ4v) is 2.86. The van der Waals surface area contributed by atoms with E-state index in [1.165, 1.54) is 12.1 Å². The van der Waals surface area contributed by atoms with E-state index in [1.807, 2.05) is 0 Å². The molecule has 0 fully saturated rings. The van der Waals surface area contributed by atoms with Crippen LogP contribution >= 0.6 is 0 Å². The second-order valence-corrected chi connectivity index (χ2v) is 6.27. The Morgan fingerprint density at radius 2 is 1.93 bits per heavy atom. The van der Waals surface area contributed by atoms with Gasteiger partial charge in [0.1, 0.15) is 5.82 Å². The number of nitrogens with one attached hydrogen (secondary N) is 2. The molecule has 0 aromatic heterocycles. The number of hydrogen-bond donors (Lipinski definition) is 2. The zero-order chi connectivity index (χ0) is 21.2. The molecule has 29 heavy (non-hydrogen) atoms. The van der Waals surface area contributed by atoms with Crippen LogP contribution in [0.3, 0.4) is 0 Å². The number of hydrogen-bond acceptors (Lipinski definition) is 4. The van der Waals surface area contributed by atoms with E-state index in [0.29, 0.717) is 5.56 Å². The molecule has 3 rings (SSSR count). The number of carbonyl (C=O) groups is 3. The lowest BCUT2D eigenvalue weighted by atomic mass is 9.90. The van der Waals surface area contributed by atoms with Crippen LogP contribution in [0.4, 0.5) is 28.9 Å². The molecule has 6 nitrogen and oxygen atoms in total. The van der Waals surface area contributed by atoms with Crippen molar-refractivity contribution >= 4 is 29.2 Å². The summed E-state index contributed by atoms with van der Waals surface area (Å²) in [5.74, 6) is -3.87. The van der Waals surface area contributed by atoms with Crippen LogP contribution in [0, 0.1) is 5.82 Å². The first-order valence-corrected chi connectivity index (χ1v) is 8.36. The van der Waals surface area contributed by atoms with Crippen molar-refractivity contribution in [2.75, 3.05) is 17.2 Å². The van der Waals surface area contributed by atoms with E-state index < -0.39 is 47.9 Å². The normalized spacial score (nSPS) is 15.9. The third-order valence-corrected chi connectivity index (χ3v) is 4.16. The predicted molar refractivity (Wildman–Crippen MR) is 93.4 cm³/mol. The smallest absolute Gasteiger partial charge is 0.416 e. The average molecular weight is 410 g/mol. The van der Waals surface area contributed by atoms with Crippen LogP contribution in [-0.2, 0) is 25.3 Å². The molecule has 0 spiro atoms. The molecule has 1 aliphatic rings. The number of anilines is 2. The molecule has 1 unspecified atom stereocenters. The molecule has 0 radical (unpaired) electrons. The standard InChI is InChI=1S/C19H14F4N2O4/c20-11-4-5-13-14(8-16(26)25-15(13)7-11)18(28)29-9-17(27)24-12-3-1-2-10(6-12)19(21,22)23/h1-7,14H,8-9H2,(H,24,27)(H,25,26). The van der Waals surface area contributed by atoms with E-state index in [0.717, 1.165) is 30.3 Å². The Balaban J connectivity index is 1.63. The van der Waals surface area contributed by atoms with E-state index >= 15 is 0 Å². The van der Waals surface area contributed by atoms with E-state index in [4.69, 9.17) is 4.74 Å². The van der Waals surface area contributed by atoms with Crippen molar-refractivity contribution in [2.24, 2.45) is 0 Å². The van der Waals surface area contributed by atoms with Crippen molar-refractivity contribution in [3.63, 3.8) is 0 Å². The molecule has 0 bridgehead atoms. The quantitative estimate of drug-likeness (QED) is 0.597. The Bertz CT molecular complexity index is 975. The van der Waals surface area contributed by atoms with Crippen LogP contribution in [0.25, 0.3) is 0 Å². The number of halogens is 4. The Kier molecular flexibility index (Phi) is 5.53. The molecule has 2 N–H and O–H groups in total. The van der Waals surface area contributed by atoms with Gasteiger partial charge in [-0.1, -0.05) is 12.1 Å². The summed E-state index contributed by atoms with van der Waals surface area (Å²) in [5.41, 5.74) is -0.575. The molecular weight excluding hydrogens is 396 g/mol. The van der Waals surface area contributed by atoms with Crippen LogP contribution in [0.15, 0.2) is 42.5 Å². The largest absolute Gasteiger partial charge is 0.455 e. The van der Waals surface area contributed by atoms with E-state index in [-0.39, 0.29) is 17.8 Å². The van der Waals surface area contributed by atoms with Gasteiger partial charge in [-0.2, -0.15) is 13.2 Å². The molecule has 2 amide bonds. The molecule has 2 aromatic rings. The highest BCUT2D eigenvalue weighted by atomic mass is 19.4. The Labute approximate surface area is 161 Å². The summed E-state index contributed by atoms with van der Waals surface area (Å²) in [6.45, 7) is -0.760. The molecule has 0 saturated carbocycles. The molecule has 1 aliphatic heterocycles. The molecule has 1 heterocycles. The minimum absolute atomic E-state index is 0.112.